The molecule has 0 radical (unpaired) electrons. The van der Waals surface area contributed by atoms with Crippen molar-refractivity contribution in [1.29, 1.82) is 0 Å². The summed E-state index contributed by atoms with van der Waals surface area (Å²) in [6, 6.07) is 2.97. The van der Waals surface area contributed by atoms with Crippen molar-refractivity contribution in [2.45, 2.75) is 32.1 Å². The molecule has 2 nitrogen and oxygen atoms in total. The highest BCUT2D eigenvalue weighted by molar-refractivity contribution is 5.11. The minimum atomic E-state index is -2.84. The maximum Gasteiger partial charge on any atom is 0.304 e. The molecule has 0 spiro atoms. The van der Waals surface area contributed by atoms with Gasteiger partial charge in [0.2, 0.25) is 0 Å². The fourth-order valence-electron chi connectivity index (χ4n) is 2.19. The summed E-state index contributed by atoms with van der Waals surface area (Å²) in [6.07, 6.45) is 1.74. The maximum absolute atomic E-state index is 13.8. The molecule has 0 aromatic carbocycles. The molecule has 1 aliphatic rings. The second-order valence-electron chi connectivity index (χ2n) is 4.53. The van der Waals surface area contributed by atoms with Crippen molar-refractivity contribution in [3.05, 3.63) is 23.7 Å². The fraction of sp³-hybridized carbons (Fsp3) is 0.667. The van der Waals surface area contributed by atoms with Crippen molar-refractivity contribution in [3.63, 3.8) is 0 Å². The number of rotatable bonds is 3. The molecule has 90 valence electrons. The number of alkyl halides is 2. The van der Waals surface area contributed by atoms with Gasteiger partial charge in [0.25, 0.3) is 0 Å². The molecule has 0 bridgehead atoms. The first-order valence-corrected chi connectivity index (χ1v) is 5.73. The Labute approximate surface area is 94.0 Å². The summed E-state index contributed by atoms with van der Waals surface area (Å²) in [6.45, 7) is 3.32. The van der Waals surface area contributed by atoms with Crippen LogP contribution < -0.4 is 5.32 Å². The monoisotopic (exact) mass is 229 g/mol. The number of aryl methyl sites for hydroxylation is 1. The summed E-state index contributed by atoms with van der Waals surface area (Å²) < 4.78 is 32.7. The normalized spacial score (nSPS) is 22.3. The summed E-state index contributed by atoms with van der Waals surface area (Å²) >= 11 is 0. The summed E-state index contributed by atoms with van der Waals surface area (Å²) in [4.78, 5) is 0. The highest BCUT2D eigenvalue weighted by Crippen LogP contribution is 2.37. The van der Waals surface area contributed by atoms with Crippen LogP contribution in [-0.4, -0.2) is 13.1 Å². The number of piperidine rings is 1. The van der Waals surface area contributed by atoms with Crippen LogP contribution >= 0.6 is 0 Å². The van der Waals surface area contributed by atoms with Crippen molar-refractivity contribution >= 4 is 0 Å². The average molecular weight is 229 g/mol. The molecule has 0 amide bonds. The van der Waals surface area contributed by atoms with E-state index in [0.717, 1.165) is 19.4 Å². The molecule has 1 aliphatic heterocycles. The van der Waals surface area contributed by atoms with Crippen molar-refractivity contribution in [3.8, 4) is 0 Å². The third-order valence-corrected chi connectivity index (χ3v) is 3.04. The highest BCUT2D eigenvalue weighted by atomic mass is 19.3. The molecule has 1 atom stereocenters. The minimum Gasteiger partial charge on any atom is -0.460 e. The van der Waals surface area contributed by atoms with Gasteiger partial charge in [0.15, 0.2) is 5.76 Å². The number of halogens is 2. The van der Waals surface area contributed by atoms with Crippen LogP contribution in [0, 0.1) is 12.8 Å². The van der Waals surface area contributed by atoms with E-state index in [-0.39, 0.29) is 18.1 Å². The van der Waals surface area contributed by atoms with E-state index in [1.165, 1.54) is 6.07 Å². The quantitative estimate of drug-likeness (QED) is 0.861. The van der Waals surface area contributed by atoms with E-state index in [1.807, 2.05) is 0 Å². The number of hydrogen-bond donors (Lipinski definition) is 1. The highest BCUT2D eigenvalue weighted by Gasteiger charge is 2.38. The largest absolute Gasteiger partial charge is 0.460 e. The van der Waals surface area contributed by atoms with Gasteiger partial charge in [-0.15, -0.1) is 0 Å². The van der Waals surface area contributed by atoms with Crippen molar-refractivity contribution in [2.75, 3.05) is 13.1 Å². The van der Waals surface area contributed by atoms with E-state index >= 15 is 0 Å². The molecule has 0 aliphatic carbocycles. The molecule has 4 heteroatoms. The van der Waals surface area contributed by atoms with Gasteiger partial charge in [0.05, 0.1) is 0 Å². The van der Waals surface area contributed by atoms with Crippen LogP contribution in [0.3, 0.4) is 0 Å². The molecule has 2 rings (SSSR count). The Morgan fingerprint density at radius 2 is 2.31 bits per heavy atom. The predicted molar refractivity (Wildman–Crippen MR) is 57.5 cm³/mol. The van der Waals surface area contributed by atoms with Gasteiger partial charge in [-0.2, -0.15) is 8.78 Å². The molecule has 1 aromatic heterocycles. The molecular weight excluding hydrogens is 212 g/mol. The minimum absolute atomic E-state index is 0.0501. The Hall–Kier alpha value is -0.900. The second kappa shape index (κ2) is 4.53. The van der Waals surface area contributed by atoms with Gasteiger partial charge in [0, 0.05) is 6.42 Å². The van der Waals surface area contributed by atoms with Crippen LogP contribution in [0.25, 0.3) is 0 Å². The van der Waals surface area contributed by atoms with Gasteiger partial charge in [-0.3, -0.25) is 0 Å². The lowest BCUT2D eigenvalue weighted by Crippen LogP contribution is -2.33. The first kappa shape index (κ1) is 11.6. The molecule has 1 aromatic rings. The summed E-state index contributed by atoms with van der Waals surface area (Å²) in [5.74, 6) is -2.45. The van der Waals surface area contributed by atoms with Gasteiger partial charge < -0.3 is 9.73 Å². The van der Waals surface area contributed by atoms with Crippen LogP contribution in [0.4, 0.5) is 8.78 Å². The van der Waals surface area contributed by atoms with E-state index in [9.17, 15) is 8.78 Å². The first-order valence-electron chi connectivity index (χ1n) is 5.73. The van der Waals surface area contributed by atoms with Gasteiger partial charge in [-0.1, -0.05) is 0 Å². The zero-order valence-corrected chi connectivity index (χ0v) is 9.43. The Balaban J connectivity index is 2.01. The first-order chi connectivity index (χ1) is 7.58. The van der Waals surface area contributed by atoms with Crippen LogP contribution in [0.1, 0.15) is 30.8 Å². The lowest BCUT2D eigenvalue weighted by molar-refractivity contribution is -0.0512. The molecule has 1 fully saturated rings. The lowest BCUT2D eigenvalue weighted by Gasteiger charge is -2.26. The lowest BCUT2D eigenvalue weighted by atomic mass is 9.92. The van der Waals surface area contributed by atoms with Crippen LogP contribution in [0.2, 0.25) is 0 Å². The third-order valence-electron chi connectivity index (χ3n) is 3.04. The molecule has 2 heterocycles. The topological polar surface area (TPSA) is 25.2 Å². The van der Waals surface area contributed by atoms with Crippen molar-refractivity contribution < 1.29 is 13.2 Å². The van der Waals surface area contributed by atoms with E-state index in [1.54, 1.807) is 13.0 Å². The molecule has 16 heavy (non-hydrogen) atoms. The van der Waals surface area contributed by atoms with Gasteiger partial charge >= 0.3 is 5.92 Å². The SMILES string of the molecule is Cc1ccc(C(F)(F)CC2CCCNC2)o1. The fourth-order valence-corrected chi connectivity index (χ4v) is 2.19. The average Bonchev–Trinajstić information content (AvgIpc) is 2.66. The summed E-state index contributed by atoms with van der Waals surface area (Å²) in [7, 11) is 0. The Bertz CT molecular complexity index is 343. The molecular formula is C12H17F2NO. The molecule has 1 unspecified atom stereocenters. The molecule has 0 saturated carbocycles. The van der Waals surface area contributed by atoms with Crippen molar-refractivity contribution in [2.24, 2.45) is 5.92 Å². The van der Waals surface area contributed by atoms with E-state index in [4.69, 9.17) is 4.42 Å². The standard InChI is InChI=1S/C12H17F2NO/c1-9-4-5-11(16-9)12(13,14)7-10-3-2-6-15-8-10/h4-5,10,15H,2-3,6-8H2,1H3. The zero-order chi connectivity index (χ0) is 11.6. The van der Waals surface area contributed by atoms with Gasteiger partial charge in [0.1, 0.15) is 5.76 Å². The Kier molecular flexibility index (Phi) is 3.28. The van der Waals surface area contributed by atoms with Crippen LogP contribution in [-0.2, 0) is 5.92 Å². The van der Waals surface area contributed by atoms with E-state index in [2.05, 4.69) is 5.32 Å². The third kappa shape index (κ3) is 2.61. The number of hydrogen-bond acceptors (Lipinski definition) is 2. The smallest absolute Gasteiger partial charge is 0.304 e. The Morgan fingerprint density at radius 3 is 2.88 bits per heavy atom. The summed E-state index contributed by atoms with van der Waals surface area (Å²) in [5.41, 5.74) is 0. The van der Waals surface area contributed by atoms with Crippen LogP contribution in [0.5, 0.6) is 0 Å². The van der Waals surface area contributed by atoms with Gasteiger partial charge in [-0.05, 0) is 50.9 Å². The van der Waals surface area contributed by atoms with E-state index in [0.29, 0.717) is 12.3 Å². The number of furan rings is 1. The predicted octanol–water partition coefficient (Wildman–Crippen LogP) is 3.07. The number of nitrogens with one attached hydrogen (secondary N) is 1. The van der Waals surface area contributed by atoms with Gasteiger partial charge in [-0.25, -0.2) is 0 Å². The summed E-state index contributed by atoms with van der Waals surface area (Å²) in [5, 5.41) is 3.15. The van der Waals surface area contributed by atoms with Crippen molar-refractivity contribution in [1.82, 2.24) is 5.32 Å². The van der Waals surface area contributed by atoms with E-state index < -0.39 is 5.92 Å². The van der Waals surface area contributed by atoms with Crippen LogP contribution in [0.15, 0.2) is 16.5 Å². The second-order valence-corrected chi connectivity index (χ2v) is 4.53. The molecule has 1 N–H and O–H groups in total. The Morgan fingerprint density at radius 1 is 1.50 bits per heavy atom. The molecule has 1 saturated heterocycles. The zero-order valence-electron chi connectivity index (χ0n) is 9.43. The maximum atomic E-state index is 13.8.